The molecular formula is C14H11N3O3S. The van der Waals surface area contributed by atoms with E-state index in [1.807, 2.05) is 0 Å². The molecule has 0 fully saturated rings. The van der Waals surface area contributed by atoms with Crippen molar-refractivity contribution in [3.05, 3.63) is 42.0 Å². The van der Waals surface area contributed by atoms with Gasteiger partial charge >= 0.3 is 5.97 Å². The molecule has 3 rings (SSSR count). The number of hydrogen-bond donors (Lipinski definition) is 1. The van der Waals surface area contributed by atoms with Crippen LogP contribution < -0.4 is 10.5 Å². The first-order chi connectivity index (χ1) is 10.2. The molecule has 7 heteroatoms. The van der Waals surface area contributed by atoms with Gasteiger partial charge < -0.3 is 15.2 Å². The molecule has 1 aromatic carbocycles. The summed E-state index contributed by atoms with van der Waals surface area (Å²) in [6, 6.07) is 10.2. The first kappa shape index (κ1) is 13.3. The molecule has 0 bridgehead atoms. The molecular weight excluding hydrogens is 290 g/mol. The lowest BCUT2D eigenvalue weighted by molar-refractivity contribution is 0.0600. The number of nitrogen functional groups attached to an aromatic ring is 1. The van der Waals surface area contributed by atoms with Gasteiger partial charge in [-0.1, -0.05) is 17.4 Å². The maximum atomic E-state index is 11.5. The van der Waals surface area contributed by atoms with Crippen LogP contribution in [0.2, 0.25) is 0 Å². The summed E-state index contributed by atoms with van der Waals surface area (Å²) in [6.45, 7) is 0. The van der Waals surface area contributed by atoms with Gasteiger partial charge in [0, 0.05) is 6.07 Å². The third-order valence-electron chi connectivity index (χ3n) is 2.72. The highest BCUT2D eigenvalue weighted by Crippen LogP contribution is 2.27. The second-order valence-electron chi connectivity index (χ2n) is 4.15. The molecule has 0 atom stereocenters. The first-order valence-corrected chi connectivity index (χ1v) is 6.86. The molecule has 6 nitrogen and oxygen atoms in total. The normalized spacial score (nSPS) is 10.5. The van der Waals surface area contributed by atoms with Gasteiger partial charge in [0.15, 0.2) is 5.13 Å². The Balaban J connectivity index is 1.89. The van der Waals surface area contributed by atoms with Gasteiger partial charge in [0.05, 0.1) is 12.7 Å². The van der Waals surface area contributed by atoms with Crippen molar-refractivity contribution in [2.45, 2.75) is 0 Å². The average Bonchev–Trinajstić information content (AvgIpc) is 2.86. The van der Waals surface area contributed by atoms with Crippen LogP contribution in [0.3, 0.4) is 0 Å². The third-order valence-corrected chi connectivity index (χ3v) is 3.52. The van der Waals surface area contributed by atoms with Crippen molar-refractivity contribution in [3.8, 4) is 11.6 Å². The second-order valence-corrected chi connectivity index (χ2v) is 5.16. The van der Waals surface area contributed by atoms with Gasteiger partial charge in [-0.15, -0.1) is 0 Å². The van der Waals surface area contributed by atoms with Crippen molar-refractivity contribution in [1.82, 2.24) is 9.97 Å². The van der Waals surface area contributed by atoms with Crippen LogP contribution in [-0.4, -0.2) is 23.0 Å². The van der Waals surface area contributed by atoms with Gasteiger partial charge in [0.25, 0.3) is 0 Å². The molecule has 0 aliphatic heterocycles. The number of fused-ring (bicyclic) bond motifs is 1. The Hall–Kier alpha value is -2.67. The van der Waals surface area contributed by atoms with Crippen LogP contribution in [0.5, 0.6) is 11.6 Å². The van der Waals surface area contributed by atoms with Crippen LogP contribution in [0, 0.1) is 0 Å². The van der Waals surface area contributed by atoms with Crippen LogP contribution in [0.4, 0.5) is 5.13 Å². The lowest BCUT2D eigenvalue weighted by atomic mass is 10.2. The molecule has 0 saturated heterocycles. The molecule has 0 spiro atoms. The van der Waals surface area contributed by atoms with Crippen LogP contribution in [0.1, 0.15) is 10.4 Å². The van der Waals surface area contributed by atoms with Gasteiger partial charge in [-0.05, 0) is 24.3 Å². The maximum absolute atomic E-state index is 11.5. The number of hydrogen-bond acceptors (Lipinski definition) is 7. The van der Waals surface area contributed by atoms with Gasteiger partial charge in [-0.3, -0.25) is 0 Å². The van der Waals surface area contributed by atoms with E-state index in [0.717, 1.165) is 5.52 Å². The number of thiazole rings is 1. The van der Waals surface area contributed by atoms with E-state index in [9.17, 15) is 4.79 Å². The van der Waals surface area contributed by atoms with Crippen LogP contribution >= 0.6 is 11.3 Å². The van der Waals surface area contributed by atoms with Gasteiger partial charge in [0.1, 0.15) is 16.1 Å². The van der Waals surface area contributed by atoms with E-state index >= 15 is 0 Å². The smallest absolute Gasteiger partial charge is 0.337 e. The van der Waals surface area contributed by atoms with Crippen molar-refractivity contribution in [3.63, 3.8) is 0 Å². The maximum Gasteiger partial charge on any atom is 0.337 e. The Kier molecular flexibility index (Phi) is 3.41. The molecule has 2 N–H and O–H groups in total. The number of anilines is 1. The topological polar surface area (TPSA) is 87.3 Å². The SMILES string of the molecule is COC(=O)c1cccc(Oc2ccc3nc(N)sc3n2)c1. The number of nitrogens with two attached hydrogens (primary N) is 1. The summed E-state index contributed by atoms with van der Waals surface area (Å²) in [7, 11) is 1.33. The Morgan fingerprint density at radius 1 is 1.24 bits per heavy atom. The molecule has 0 aliphatic carbocycles. The number of ether oxygens (including phenoxy) is 2. The fourth-order valence-electron chi connectivity index (χ4n) is 1.80. The molecule has 0 amide bonds. The summed E-state index contributed by atoms with van der Waals surface area (Å²) in [4.78, 5) is 20.6. The van der Waals surface area contributed by atoms with E-state index in [1.165, 1.54) is 18.4 Å². The van der Waals surface area contributed by atoms with E-state index in [0.29, 0.717) is 27.2 Å². The number of benzene rings is 1. The number of carbonyl (C=O) groups excluding carboxylic acids is 1. The number of aromatic nitrogens is 2. The standard InChI is InChI=1S/C14H11N3O3S/c1-19-13(18)8-3-2-4-9(7-8)20-11-6-5-10-12(17-11)21-14(15)16-10/h2-7H,1H3,(H2,15,16). The van der Waals surface area contributed by atoms with Crippen molar-refractivity contribution in [2.24, 2.45) is 0 Å². The van der Waals surface area contributed by atoms with Crippen LogP contribution in [0.25, 0.3) is 10.3 Å². The highest BCUT2D eigenvalue weighted by molar-refractivity contribution is 7.21. The largest absolute Gasteiger partial charge is 0.465 e. The number of pyridine rings is 1. The molecule has 106 valence electrons. The molecule has 3 aromatic rings. The van der Waals surface area contributed by atoms with Gasteiger partial charge in [-0.2, -0.15) is 0 Å². The monoisotopic (exact) mass is 301 g/mol. The van der Waals surface area contributed by atoms with Crippen LogP contribution in [0.15, 0.2) is 36.4 Å². The minimum absolute atomic E-state index is 0.410. The summed E-state index contributed by atoms with van der Waals surface area (Å²) in [5.41, 5.74) is 6.78. The number of esters is 1. The van der Waals surface area contributed by atoms with E-state index in [2.05, 4.69) is 14.7 Å². The summed E-state index contributed by atoms with van der Waals surface area (Å²) < 4.78 is 10.3. The van der Waals surface area contributed by atoms with Crippen molar-refractivity contribution in [1.29, 1.82) is 0 Å². The summed E-state index contributed by atoms with van der Waals surface area (Å²) >= 11 is 1.29. The summed E-state index contributed by atoms with van der Waals surface area (Å²) in [6.07, 6.45) is 0. The molecule has 0 unspecified atom stereocenters. The highest BCUT2D eigenvalue weighted by atomic mass is 32.1. The Labute approximate surface area is 124 Å². The number of nitrogens with zero attached hydrogens (tertiary/aromatic N) is 2. The molecule has 0 saturated carbocycles. The van der Waals surface area contributed by atoms with Crippen molar-refractivity contribution in [2.75, 3.05) is 12.8 Å². The van der Waals surface area contributed by atoms with Crippen LogP contribution in [-0.2, 0) is 4.74 Å². The quantitative estimate of drug-likeness (QED) is 0.748. The van der Waals surface area contributed by atoms with Crippen molar-refractivity contribution >= 4 is 32.8 Å². The van der Waals surface area contributed by atoms with E-state index < -0.39 is 5.97 Å². The Morgan fingerprint density at radius 3 is 2.90 bits per heavy atom. The zero-order chi connectivity index (χ0) is 14.8. The summed E-state index contributed by atoms with van der Waals surface area (Å²) in [5, 5.41) is 0.460. The molecule has 0 aliphatic rings. The molecule has 2 heterocycles. The fraction of sp³-hybridized carbons (Fsp3) is 0.0714. The molecule has 2 aromatic heterocycles. The average molecular weight is 301 g/mol. The second kappa shape index (κ2) is 5.37. The first-order valence-electron chi connectivity index (χ1n) is 6.05. The van der Waals surface area contributed by atoms with E-state index in [1.54, 1.807) is 36.4 Å². The lowest BCUT2D eigenvalue weighted by Crippen LogP contribution is -2.00. The highest BCUT2D eigenvalue weighted by Gasteiger charge is 2.08. The Bertz CT molecular complexity index is 816. The van der Waals surface area contributed by atoms with E-state index in [4.69, 9.17) is 10.5 Å². The minimum atomic E-state index is -0.418. The zero-order valence-electron chi connectivity index (χ0n) is 11.1. The predicted molar refractivity (Wildman–Crippen MR) is 79.7 cm³/mol. The Morgan fingerprint density at radius 2 is 2.10 bits per heavy atom. The number of carbonyl (C=O) groups is 1. The van der Waals surface area contributed by atoms with Gasteiger partial charge in [-0.25, -0.2) is 14.8 Å². The molecule has 21 heavy (non-hydrogen) atoms. The zero-order valence-corrected chi connectivity index (χ0v) is 11.9. The third kappa shape index (κ3) is 2.77. The predicted octanol–water partition coefficient (Wildman–Crippen LogP) is 2.85. The van der Waals surface area contributed by atoms with E-state index in [-0.39, 0.29) is 0 Å². The molecule has 0 radical (unpaired) electrons. The number of methoxy groups -OCH3 is 1. The van der Waals surface area contributed by atoms with Crippen molar-refractivity contribution < 1.29 is 14.3 Å². The lowest BCUT2D eigenvalue weighted by Gasteiger charge is -2.06. The minimum Gasteiger partial charge on any atom is -0.465 e. The van der Waals surface area contributed by atoms with Gasteiger partial charge in [0.2, 0.25) is 5.88 Å². The number of rotatable bonds is 3. The summed E-state index contributed by atoms with van der Waals surface area (Å²) in [5.74, 6) is 0.495. The fourth-order valence-corrected chi connectivity index (χ4v) is 2.49.